The largest absolute Gasteiger partial charge is 0.478 e. The molecule has 0 radical (unpaired) electrons. The van der Waals surface area contributed by atoms with Crippen LogP contribution in [0.25, 0.3) is 0 Å². The molecule has 0 aliphatic carbocycles. The molecule has 1 aliphatic heterocycles. The van der Waals surface area contributed by atoms with Crippen LogP contribution in [-0.4, -0.2) is 34.6 Å². The third kappa shape index (κ3) is 3.34. The van der Waals surface area contributed by atoms with Crippen LogP contribution in [0.1, 0.15) is 40.0 Å². The monoisotopic (exact) mass is 211 g/mol. The van der Waals surface area contributed by atoms with E-state index >= 15 is 0 Å². The van der Waals surface area contributed by atoms with Gasteiger partial charge in [0.15, 0.2) is 0 Å². The number of piperidine rings is 1. The first-order valence-electron chi connectivity index (χ1n) is 5.68. The van der Waals surface area contributed by atoms with Gasteiger partial charge in [0.25, 0.3) is 0 Å². The van der Waals surface area contributed by atoms with Gasteiger partial charge in [-0.25, -0.2) is 4.79 Å². The van der Waals surface area contributed by atoms with Crippen LogP contribution in [0.4, 0.5) is 0 Å². The average molecular weight is 211 g/mol. The molecule has 0 aromatic heterocycles. The van der Waals surface area contributed by atoms with Crippen molar-refractivity contribution in [1.82, 2.24) is 4.90 Å². The Morgan fingerprint density at radius 3 is 2.40 bits per heavy atom. The quantitative estimate of drug-likeness (QED) is 0.728. The van der Waals surface area contributed by atoms with Crippen molar-refractivity contribution in [1.29, 1.82) is 0 Å². The van der Waals surface area contributed by atoms with Gasteiger partial charge < -0.3 is 5.11 Å². The van der Waals surface area contributed by atoms with E-state index in [1.807, 2.05) is 6.08 Å². The summed E-state index contributed by atoms with van der Waals surface area (Å²) in [5, 5.41) is 8.76. The molecule has 1 fully saturated rings. The van der Waals surface area contributed by atoms with Crippen molar-refractivity contribution in [3.05, 3.63) is 11.6 Å². The second kappa shape index (κ2) is 5.31. The van der Waals surface area contributed by atoms with E-state index in [4.69, 9.17) is 5.11 Å². The van der Waals surface area contributed by atoms with Gasteiger partial charge in [-0.05, 0) is 33.6 Å². The van der Waals surface area contributed by atoms with Gasteiger partial charge in [-0.15, -0.1) is 0 Å². The first-order chi connectivity index (χ1) is 7.02. The molecule has 0 aromatic rings. The first-order valence-corrected chi connectivity index (χ1v) is 5.68. The topological polar surface area (TPSA) is 40.5 Å². The molecule has 0 aromatic carbocycles. The Morgan fingerprint density at radius 2 is 1.93 bits per heavy atom. The zero-order chi connectivity index (χ0) is 11.4. The molecular formula is C12H21NO2. The molecule has 0 bridgehead atoms. The van der Waals surface area contributed by atoms with Gasteiger partial charge in [0.05, 0.1) is 0 Å². The van der Waals surface area contributed by atoms with Gasteiger partial charge in [-0.2, -0.15) is 0 Å². The highest BCUT2D eigenvalue weighted by Gasteiger charge is 2.23. The molecule has 3 nitrogen and oxygen atoms in total. The third-order valence-corrected chi connectivity index (χ3v) is 3.32. The smallest absolute Gasteiger partial charge is 0.330 e. The highest BCUT2D eigenvalue weighted by atomic mass is 16.4. The predicted molar refractivity (Wildman–Crippen MR) is 60.9 cm³/mol. The zero-order valence-corrected chi connectivity index (χ0v) is 9.86. The SMILES string of the molecule is C/C(=C/CN1[C@H](C)CCC[C@@H]1C)C(=O)O. The van der Waals surface area contributed by atoms with E-state index in [0.29, 0.717) is 17.7 Å². The number of carboxylic acid groups (broad SMARTS) is 1. The molecule has 1 N–H and O–H groups in total. The first kappa shape index (κ1) is 12.2. The maximum atomic E-state index is 10.6. The molecule has 86 valence electrons. The predicted octanol–water partition coefficient (Wildman–Crippen LogP) is 2.28. The Morgan fingerprint density at radius 1 is 1.40 bits per heavy atom. The standard InChI is InChI=1S/C12H21NO2/c1-9(12(14)15)7-8-13-10(2)5-4-6-11(13)3/h7,10-11H,4-6,8H2,1-3H3,(H,14,15)/b9-7-/t10-,11+. The Bertz CT molecular complexity index is 250. The van der Waals surface area contributed by atoms with Crippen LogP contribution in [0.3, 0.4) is 0 Å². The molecule has 0 unspecified atom stereocenters. The summed E-state index contributed by atoms with van der Waals surface area (Å²) in [6, 6.07) is 1.15. The van der Waals surface area contributed by atoms with Gasteiger partial charge >= 0.3 is 5.97 Å². The lowest BCUT2D eigenvalue weighted by Crippen LogP contribution is -2.43. The maximum Gasteiger partial charge on any atom is 0.330 e. The summed E-state index contributed by atoms with van der Waals surface area (Å²) in [6.45, 7) is 6.86. The van der Waals surface area contributed by atoms with Crippen molar-refractivity contribution >= 4 is 5.97 Å². The molecule has 0 spiro atoms. The van der Waals surface area contributed by atoms with Crippen molar-refractivity contribution < 1.29 is 9.90 Å². The van der Waals surface area contributed by atoms with Gasteiger partial charge in [0.1, 0.15) is 0 Å². The second-order valence-electron chi connectivity index (χ2n) is 4.52. The third-order valence-electron chi connectivity index (χ3n) is 3.32. The van der Waals surface area contributed by atoms with E-state index in [1.165, 1.54) is 19.3 Å². The minimum Gasteiger partial charge on any atom is -0.478 e. The van der Waals surface area contributed by atoms with E-state index in [1.54, 1.807) is 6.92 Å². The number of nitrogens with zero attached hydrogens (tertiary/aromatic N) is 1. The van der Waals surface area contributed by atoms with Crippen molar-refractivity contribution in [2.75, 3.05) is 6.54 Å². The van der Waals surface area contributed by atoms with Gasteiger partial charge in [-0.1, -0.05) is 12.5 Å². The summed E-state index contributed by atoms with van der Waals surface area (Å²) in [6.07, 6.45) is 5.57. The van der Waals surface area contributed by atoms with Crippen LogP contribution in [-0.2, 0) is 4.79 Å². The Hall–Kier alpha value is -0.830. The van der Waals surface area contributed by atoms with Gasteiger partial charge in [0, 0.05) is 24.2 Å². The second-order valence-corrected chi connectivity index (χ2v) is 4.52. The van der Waals surface area contributed by atoms with Crippen LogP contribution >= 0.6 is 0 Å². The lowest BCUT2D eigenvalue weighted by molar-refractivity contribution is -0.132. The highest BCUT2D eigenvalue weighted by Crippen LogP contribution is 2.22. The summed E-state index contributed by atoms with van der Waals surface area (Å²) in [4.78, 5) is 13.0. The highest BCUT2D eigenvalue weighted by molar-refractivity contribution is 5.85. The lowest BCUT2D eigenvalue weighted by atomic mass is 9.97. The molecule has 1 aliphatic rings. The van der Waals surface area contributed by atoms with E-state index in [9.17, 15) is 4.79 Å². The Kier molecular flexibility index (Phi) is 4.33. The number of carbonyl (C=O) groups is 1. The van der Waals surface area contributed by atoms with E-state index in [0.717, 1.165) is 6.54 Å². The molecular weight excluding hydrogens is 190 g/mol. The van der Waals surface area contributed by atoms with Crippen molar-refractivity contribution in [2.45, 2.75) is 52.1 Å². The summed E-state index contributed by atoms with van der Waals surface area (Å²) in [5.74, 6) is -0.813. The van der Waals surface area contributed by atoms with E-state index in [-0.39, 0.29) is 0 Å². The molecule has 1 heterocycles. The fourth-order valence-electron chi connectivity index (χ4n) is 2.16. The van der Waals surface area contributed by atoms with Crippen molar-refractivity contribution in [3.63, 3.8) is 0 Å². The van der Waals surface area contributed by atoms with Crippen LogP contribution in [0.2, 0.25) is 0 Å². The van der Waals surface area contributed by atoms with E-state index < -0.39 is 5.97 Å². The normalized spacial score (nSPS) is 29.1. The Labute approximate surface area is 91.8 Å². The molecule has 0 amide bonds. The Balaban J connectivity index is 2.55. The summed E-state index contributed by atoms with van der Waals surface area (Å²) < 4.78 is 0. The number of aliphatic carboxylic acids is 1. The van der Waals surface area contributed by atoms with E-state index in [2.05, 4.69) is 18.7 Å². The summed E-state index contributed by atoms with van der Waals surface area (Å²) in [7, 11) is 0. The van der Waals surface area contributed by atoms with Gasteiger partial charge in [-0.3, -0.25) is 4.90 Å². The fourth-order valence-corrected chi connectivity index (χ4v) is 2.16. The molecule has 2 atom stereocenters. The van der Waals surface area contributed by atoms with Crippen LogP contribution < -0.4 is 0 Å². The number of hydrogen-bond acceptors (Lipinski definition) is 2. The number of likely N-dealkylation sites (tertiary alicyclic amines) is 1. The number of rotatable bonds is 3. The molecule has 15 heavy (non-hydrogen) atoms. The summed E-state index contributed by atoms with van der Waals surface area (Å²) >= 11 is 0. The lowest BCUT2D eigenvalue weighted by Gasteiger charge is -2.38. The maximum absolute atomic E-state index is 10.6. The number of carboxylic acids is 1. The average Bonchev–Trinajstić information content (AvgIpc) is 2.16. The van der Waals surface area contributed by atoms with Crippen LogP contribution in [0, 0.1) is 0 Å². The minimum absolute atomic E-state index is 0.444. The van der Waals surface area contributed by atoms with Crippen molar-refractivity contribution in [2.24, 2.45) is 0 Å². The fraction of sp³-hybridized carbons (Fsp3) is 0.750. The molecule has 1 saturated heterocycles. The molecule has 1 rings (SSSR count). The molecule has 3 heteroatoms. The van der Waals surface area contributed by atoms with Crippen molar-refractivity contribution in [3.8, 4) is 0 Å². The summed E-state index contributed by atoms with van der Waals surface area (Å²) in [5.41, 5.74) is 0.444. The minimum atomic E-state index is -0.813. The molecule has 0 saturated carbocycles. The van der Waals surface area contributed by atoms with Gasteiger partial charge in [0.2, 0.25) is 0 Å². The zero-order valence-electron chi connectivity index (χ0n) is 9.86. The van der Waals surface area contributed by atoms with Crippen LogP contribution in [0.5, 0.6) is 0 Å². The number of hydrogen-bond donors (Lipinski definition) is 1. The van der Waals surface area contributed by atoms with Crippen LogP contribution in [0.15, 0.2) is 11.6 Å².